The summed E-state index contributed by atoms with van der Waals surface area (Å²) in [5.74, 6) is 0.384. The van der Waals surface area contributed by atoms with Crippen molar-refractivity contribution >= 4 is 0 Å². The topological polar surface area (TPSA) is 32.3 Å². The third-order valence-corrected chi connectivity index (χ3v) is 1.09. The molecule has 0 saturated carbocycles. The molecule has 0 bridgehead atoms. The number of aliphatic hydroxyl groups is 1. The molecular formula is C6H13NO. The quantitative estimate of drug-likeness (QED) is 0.533. The van der Waals surface area contributed by atoms with Crippen LogP contribution in [0.2, 0.25) is 0 Å². The van der Waals surface area contributed by atoms with Crippen LogP contribution in [0.4, 0.5) is 0 Å². The molecule has 0 saturated heterocycles. The van der Waals surface area contributed by atoms with Crippen LogP contribution in [-0.4, -0.2) is 12.2 Å². The minimum Gasteiger partial charge on any atom is -0.511 e. The lowest BCUT2D eigenvalue weighted by molar-refractivity contribution is 0.400. The molecule has 0 atom stereocenters. The van der Waals surface area contributed by atoms with Gasteiger partial charge in [0.1, 0.15) is 5.76 Å². The molecule has 0 aromatic heterocycles. The van der Waals surface area contributed by atoms with Gasteiger partial charge in [-0.3, -0.25) is 0 Å². The van der Waals surface area contributed by atoms with E-state index in [9.17, 15) is 0 Å². The van der Waals surface area contributed by atoms with E-state index in [1.54, 1.807) is 14.0 Å². The predicted molar refractivity (Wildman–Crippen MR) is 34.7 cm³/mol. The van der Waals surface area contributed by atoms with Crippen molar-refractivity contribution in [3.63, 3.8) is 0 Å². The summed E-state index contributed by atoms with van der Waals surface area (Å²) in [6.07, 6.45) is 0.860. The lowest BCUT2D eigenvalue weighted by Crippen LogP contribution is -2.06. The molecule has 2 N–H and O–H groups in total. The molecule has 2 heteroatoms. The highest BCUT2D eigenvalue weighted by Crippen LogP contribution is 1.98. The average Bonchev–Trinajstić information content (AvgIpc) is 1.69. The van der Waals surface area contributed by atoms with Gasteiger partial charge >= 0.3 is 0 Å². The molecule has 0 rings (SSSR count). The third kappa shape index (κ3) is 1.87. The highest BCUT2D eigenvalue weighted by Gasteiger charge is 1.91. The Kier molecular flexibility index (Phi) is 3.08. The minimum absolute atomic E-state index is 0.384. The summed E-state index contributed by atoms with van der Waals surface area (Å²) in [5, 5.41) is 11.7. The first-order valence-corrected chi connectivity index (χ1v) is 2.78. The van der Waals surface area contributed by atoms with Crippen LogP contribution < -0.4 is 5.32 Å². The summed E-state index contributed by atoms with van der Waals surface area (Å²) in [7, 11) is 1.80. The summed E-state index contributed by atoms with van der Waals surface area (Å²) < 4.78 is 0. The van der Waals surface area contributed by atoms with Gasteiger partial charge in [-0.15, -0.1) is 0 Å². The van der Waals surface area contributed by atoms with Gasteiger partial charge in [-0.2, -0.15) is 0 Å². The maximum Gasteiger partial charge on any atom is 0.108 e. The van der Waals surface area contributed by atoms with E-state index in [-0.39, 0.29) is 0 Å². The van der Waals surface area contributed by atoms with Crippen LogP contribution >= 0.6 is 0 Å². The summed E-state index contributed by atoms with van der Waals surface area (Å²) >= 11 is 0. The second-order valence-corrected chi connectivity index (χ2v) is 1.67. The first kappa shape index (κ1) is 7.34. The largest absolute Gasteiger partial charge is 0.511 e. The van der Waals surface area contributed by atoms with Crippen molar-refractivity contribution in [2.24, 2.45) is 0 Å². The molecule has 0 unspecified atom stereocenters. The molecule has 2 nitrogen and oxygen atoms in total. The number of hydrogen-bond acceptors (Lipinski definition) is 2. The zero-order chi connectivity index (χ0) is 6.57. The lowest BCUT2D eigenvalue weighted by Gasteiger charge is -2.02. The Morgan fingerprint density at radius 2 is 2.12 bits per heavy atom. The van der Waals surface area contributed by atoms with E-state index in [2.05, 4.69) is 5.32 Å². The molecule has 0 spiro atoms. The van der Waals surface area contributed by atoms with Crippen molar-refractivity contribution < 1.29 is 5.11 Å². The van der Waals surface area contributed by atoms with E-state index >= 15 is 0 Å². The Hall–Kier alpha value is -0.660. The maximum atomic E-state index is 8.83. The van der Waals surface area contributed by atoms with Gasteiger partial charge in [-0.1, -0.05) is 6.92 Å². The van der Waals surface area contributed by atoms with Crippen LogP contribution in [0.15, 0.2) is 11.5 Å². The van der Waals surface area contributed by atoms with E-state index in [1.807, 2.05) is 6.92 Å². The number of allylic oxidation sites excluding steroid dienone is 2. The van der Waals surface area contributed by atoms with Crippen LogP contribution in [0.3, 0.4) is 0 Å². The molecule has 0 aromatic rings. The van der Waals surface area contributed by atoms with Gasteiger partial charge in [0.15, 0.2) is 0 Å². The van der Waals surface area contributed by atoms with Gasteiger partial charge in [-0.25, -0.2) is 0 Å². The van der Waals surface area contributed by atoms with Crippen molar-refractivity contribution in [3.05, 3.63) is 11.5 Å². The van der Waals surface area contributed by atoms with Crippen molar-refractivity contribution in [1.29, 1.82) is 0 Å². The molecule has 0 aliphatic rings. The fraction of sp³-hybridized carbons (Fsp3) is 0.667. The highest BCUT2D eigenvalue weighted by atomic mass is 16.3. The first-order chi connectivity index (χ1) is 3.72. The van der Waals surface area contributed by atoms with Gasteiger partial charge in [-0.05, 0) is 13.3 Å². The summed E-state index contributed by atoms with van der Waals surface area (Å²) in [5.41, 5.74) is 0.907. The number of rotatable bonds is 2. The predicted octanol–water partition coefficient (Wildman–Crippen LogP) is 1.41. The van der Waals surface area contributed by atoms with Crippen molar-refractivity contribution in [2.75, 3.05) is 7.05 Å². The fourth-order valence-corrected chi connectivity index (χ4v) is 0.614. The summed E-state index contributed by atoms with van der Waals surface area (Å²) in [6.45, 7) is 3.67. The molecule has 0 heterocycles. The van der Waals surface area contributed by atoms with Gasteiger partial charge in [0.2, 0.25) is 0 Å². The zero-order valence-electron chi connectivity index (χ0n) is 5.65. The number of aliphatic hydroxyl groups excluding tert-OH is 1. The van der Waals surface area contributed by atoms with Crippen LogP contribution in [-0.2, 0) is 0 Å². The molecule has 0 fully saturated rings. The van der Waals surface area contributed by atoms with E-state index in [0.717, 1.165) is 12.1 Å². The second kappa shape index (κ2) is 3.36. The van der Waals surface area contributed by atoms with Gasteiger partial charge in [0.05, 0.1) is 0 Å². The lowest BCUT2D eigenvalue weighted by atomic mass is 10.3. The van der Waals surface area contributed by atoms with E-state index in [4.69, 9.17) is 5.11 Å². The maximum absolute atomic E-state index is 8.83. The molecule has 0 aromatic carbocycles. The molecule has 0 radical (unpaired) electrons. The Balaban J connectivity index is 3.86. The Labute approximate surface area is 50.2 Å². The molecule has 8 heavy (non-hydrogen) atoms. The van der Waals surface area contributed by atoms with Crippen molar-refractivity contribution in [3.8, 4) is 0 Å². The van der Waals surface area contributed by atoms with Gasteiger partial charge in [0.25, 0.3) is 0 Å². The van der Waals surface area contributed by atoms with Crippen LogP contribution in [0, 0.1) is 0 Å². The van der Waals surface area contributed by atoms with Crippen LogP contribution in [0.1, 0.15) is 20.3 Å². The van der Waals surface area contributed by atoms with Gasteiger partial charge < -0.3 is 10.4 Å². The second-order valence-electron chi connectivity index (χ2n) is 1.67. The van der Waals surface area contributed by atoms with E-state index in [0.29, 0.717) is 5.76 Å². The minimum atomic E-state index is 0.384. The molecule has 48 valence electrons. The Bertz CT molecular complexity index is 86.7. The first-order valence-electron chi connectivity index (χ1n) is 2.78. The Morgan fingerprint density at radius 1 is 1.62 bits per heavy atom. The van der Waals surface area contributed by atoms with Gasteiger partial charge in [0, 0.05) is 12.7 Å². The van der Waals surface area contributed by atoms with Crippen molar-refractivity contribution in [2.45, 2.75) is 20.3 Å². The average molecular weight is 115 g/mol. The number of nitrogens with one attached hydrogen (secondary N) is 1. The Morgan fingerprint density at radius 3 is 2.12 bits per heavy atom. The zero-order valence-corrected chi connectivity index (χ0v) is 5.65. The fourth-order valence-electron chi connectivity index (χ4n) is 0.614. The molecule has 0 aliphatic carbocycles. The smallest absolute Gasteiger partial charge is 0.108 e. The normalized spacial score (nSPS) is 12.9. The SMILES string of the molecule is CC/C(NC)=C(\C)O. The van der Waals surface area contributed by atoms with E-state index < -0.39 is 0 Å². The third-order valence-electron chi connectivity index (χ3n) is 1.09. The monoisotopic (exact) mass is 115 g/mol. The highest BCUT2D eigenvalue weighted by molar-refractivity contribution is 5.00. The summed E-state index contributed by atoms with van der Waals surface area (Å²) in [4.78, 5) is 0. The molecule has 0 aliphatic heterocycles. The molecule has 0 amide bonds. The standard InChI is InChI=1S/C6H13NO/c1-4-6(7-3)5(2)8/h7-8H,4H2,1-3H3/b6-5-. The summed E-state index contributed by atoms with van der Waals surface area (Å²) in [6, 6.07) is 0. The molecular weight excluding hydrogens is 102 g/mol. The number of hydrogen-bond donors (Lipinski definition) is 2. The van der Waals surface area contributed by atoms with Crippen molar-refractivity contribution in [1.82, 2.24) is 5.32 Å². The van der Waals surface area contributed by atoms with Crippen LogP contribution in [0.5, 0.6) is 0 Å². The van der Waals surface area contributed by atoms with E-state index in [1.165, 1.54) is 0 Å². The van der Waals surface area contributed by atoms with Crippen LogP contribution in [0.25, 0.3) is 0 Å².